The monoisotopic (exact) mass is 245 g/mol. The van der Waals surface area contributed by atoms with Crippen molar-refractivity contribution in [2.75, 3.05) is 0 Å². The third kappa shape index (κ3) is 2.24. The summed E-state index contributed by atoms with van der Waals surface area (Å²) in [7, 11) is 0. The van der Waals surface area contributed by atoms with E-state index in [2.05, 4.69) is 35.8 Å². The molecule has 0 nitrogen and oxygen atoms in total. The van der Waals surface area contributed by atoms with Gasteiger partial charge in [0.1, 0.15) is 0 Å². The Hall–Kier alpha value is -0.0100. The fourth-order valence-corrected chi connectivity index (χ4v) is 1.84. The molecule has 0 fully saturated rings. The van der Waals surface area contributed by atoms with Crippen LogP contribution in [-0.4, -0.2) is 0 Å². The van der Waals surface area contributed by atoms with Crippen LogP contribution < -0.4 is 0 Å². The van der Waals surface area contributed by atoms with Crippen molar-refractivity contribution in [1.29, 1.82) is 0 Å². The van der Waals surface area contributed by atoms with Crippen LogP contribution in [0.25, 0.3) is 0 Å². The Kier molecular flexibility index (Phi) is 3.60. The zero-order chi connectivity index (χ0) is 9.14. The molecule has 2 heteroatoms. The van der Waals surface area contributed by atoms with Gasteiger partial charge in [-0.3, -0.25) is 0 Å². The first-order valence-electron chi connectivity index (χ1n) is 3.91. The molecule has 0 saturated carbocycles. The Bertz CT molecular complexity index is 269. The standard InChI is InChI=1S/C10H11BrCl/c1-7(2)10-4-3-9(12)5-8(10)6-11/h4-5,7H,6H2,1-2H3. The van der Waals surface area contributed by atoms with E-state index in [9.17, 15) is 0 Å². The highest BCUT2D eigenvalue weighted by Crippen LogP contribution is 2.24. The van der Waals surface area contributed by atoms with Crippen LogP contribution in [0, 0.1) is 6.07 Å². The van der Waals surface area contributed by atoms with Crippen molar-refractivity contribution in [3.8, 4) is 0 Å². The molecule has 0 aromatic heterocycles. The van der Waals surface area contributed by atoms with E-state index in [0.29, 0.717) is 10.9 Å². The van der Waals surface area contributed by atoms with Gasteiger partial charge in [0.15, 0.2) is 0 Å². The summed E-state index contributed by atoms with van der Waals surface area (Å²) in [4.78, 5) is 0. The van der Waals surface area contributed by atoms with E-state index >= 15 is 0 Å². The average molecular weight is 247 g/mol. The summed E-state index contributed by atoms with van der Waals surface area (Å²) in [5.41, 5.74) is 2.57. The maximum absolute atomic E-state index is 5.82. The topological polar surface area (TPSA) is 0 Å². The maximum Gasteiger partial charge on any atom is 0.0488 e. The number of benzene rings is 1. The van der Waals surface area contributed by atoms with Crippen LogP contribution in [0.5, 0.6) is 0 Å². The number of halogens is 2. The molecule has 0 amide bonds. The van der Waals surface area contributed by atoms with Gasteiger partial charge in [0.2, 0.25) is 0 Å². The van der Waals surface area contributed by atoms with Gasteiger partial charge in [0, 0.05) is 16.4 Å². The summed E-state index contributed by atoms with van der Waals surface area (Å²) in [5, 5.41) is 1.54. The Morgan fingerprint density at radius 1 is 1.58 bits per heavy atom. The molecule has 12 heavy (non-hydrogen) atoms. The fourth-order valence-electron chi connectivity index (χ4n) is 1.17. The van der Waals surface area contributed by atoms with Crippen LogP contribution >= 0.6 is 27.5 Å². The Morgan fingerprint density at radius 2 is 2.25 bits per heavy atom. The van der Waals surface area contributed by atoms with Crippen LogP contribution in [-0.2, 0) is 5.33 Å². The van der Waals surface area contributed by atoms with Gasteiger partial charge in [-0.2, -0.15) is 0 Å². The Morgan fingerprint density at radius 3 is 2.75 bits per heavy atom. The van der Waals surface area contributed by atoms with E-state index in [-0.39, 0.29) is 0 Å². The number of hydrogen-bond acceptors (Lipinski definition) is 0. The van der Waals surface area contributed by atoms with Crippen molar-refractivity contribution in [3.63, 3.8) is 0 Å². The minimum absolute atomic E-state index is 0.533. The first-order valence-corrected chi connectivity index (χ1v) is 5.41. The van der Waals surface area contributed by atoms with Crippen LogP contribution in [0.4, 0.5) is 0 Å². The van der Waals surface area contributed by atoms with Gasteiger partial charge in [-0.25, -0.2) is 0 Å². The summed E-state index contributed by atoms with van der Waals surface area (Å²) in [5.74, 6) is 0.533. The van der Waals surface area contributed by atoms with Crippen LogP contribution in [0.2, 0.25) is 5.02 Å². The average Bonchev–Trinajstić information content (AvgIpc) is 2.03. The smallest absolute Gasteiger partial charge is 0.0488 e. The maximum atomic E-state index is 5.82. The molecule has 0 N–H and O–H groups in total. The lowest BCUT2D eigenvalue weighted by Gasteiger charge is -2.10. The van der Waals surface area contributed by atoms with Crippen LogP contribution in [0.3, 0.4) is 0 Å². The predicted octanol–water partition coefficient (Wildman–Crippen LogP) is 4.16. The first kappa shape index (κ1) is 10.1. The lowest BCUT2D eigenvalue weighted by Crippen LogP contribution is -1.93. The van der Waals surface area contributed by atoms with Gasteiger partial charge in [0.25, 0.3) is 0 Å². The summed E-state index contributed by atoms with van der Waals surface area (Å²) >= 11 is 9.26. The third-order valence-electron chi connectivity index (χ3n) is 1.80. The van der Waals surface area contributed by atoms with Crippen LogP contribution in [0.15, 0.2) is 12.1 Å². The number of alkyl halides is 1. The molecule has 0 aliphatic carbocycles. The molecule has 1 aromatic rings. The van der Waals surface area contributed by atoms with Gasteiger partial charge in [-0.1, -0.05) is 41.4 Å². The highest BCUT2D eigenvalue weighted by molar-refractivity contribution is 9.08. The van der Waals surface area contributed by atoms with Crippen molar-refractivity contribution in [2.24, 2.45) is 0 Å². The molecule has 65 valence electrons. The van der Waals surface area contributed by atoms with Gasteiger partial charge in [-0.05, 0) is 29.2 Å². The summed E-state index contributed by atoms with van der Waals surface area (Å²) < 4.78 is 0. The number of hydrogen-bond donors (Lipinski definition) is 0. The molecular formula is C10H11BrCl. The molecule has 0 unspecified atom stereocenters. The van der Waals surface area contributed by atoms with Crippen molar-refractivity contribution in [2.45, 2.75) is 25.1 Å². The fraction of sp³-hybridized carbons (Fsp3) is 0.400. The molecule has 0 atom stereocenters. The molecule has 0 aliphatic rings. The normalized spacial score (nSPS) is 10.8. The Balaban J connectivity index is 3.11. The van der Waals surface area contributed by atoms with Crippen LogP contribution in [0.1, 0.15) is 30.9 Å². The minimum Gasteiger partial charge on any atom is -0.0876 e. The second kappa shape index (κ2) is 4.29. The molecule has 1 radical (unpaired) electrons. The molecule has 0 heterocycles. The second-order valence-electron chi connectivity index (χ2n) is 3.05. The Labute approximate surface area is 87.1 Å². The highest BCUT2D eigenvalue weighted by atomic mass is 79.9. The highest BCUT2D eigenvalue weighted by Gasteiger charge is 2.05. The second-order valence-corrected chi connectivity index (χ2v) is 4.02. The summed E-state index contributed by atoms with van der Waals surface area (Å²) in [6.07, 6.45) is 0. The van der Waals surface area contributed by atoms with Crippen molar-refractivity contribution < 1.29 is 0 Å². The SMILES string of the molecule is CC(C)c1c[c]c(Cl)cc1CBr. The third-order valence-corrected chi connectivity index (χ3v) is 2.63. The molecule has 0 saturated heterocycles. The molecule has 0 aliphatic heterocycles. The number of rotatable bonds is 2. The molecular weight excluding hydrogens is 235 g/mol. The minimum atomic E-state index is 0.533. The quantitative estimate of drug-likeness (QED) is 0.688. The van der Waals surface area contributed by atoms with Gasteiger partial charge >= 0.3 is 0 Å². The van der Waals surface area contributed by atoms with Crippen molar-refractivity contribution in [3.05, 3.63) is 34.3 Å². The molecule has 0 spiro atoms. The zero-order valence-corrected chi connectivity index (χ0v) is 9.54. The van der Waals surface area contributed by atoms with E-state index in [1.807, 2.05) is 12.1 Å². The van der Waals surface area contributed by atoms with Gasteiger partial charge < -0.3 is 0 Å². The van der Waals surface area contributed by atoms with Gasteiger partial charge in [-0.15, -0.1) is 0 Å². The van der Waals surface area contributed by atoms with E-state index < -0.39 is 0 Å². The predicted molar refractivity (Wildman–Crippen MR) is 57.0 cm³/mol. The van der Waals surface area contributed by atoms with E-state index in [1.165, 1.54) is 11.1 Å². The summed E-state index contributed by atoms with van der Waals surface area (Å²) in [6.45, 7) is 4.34. The van der Waals surface area contributed by atoms with E-state index in [0.717, 1.165) is 5.33 Å². The van der Waals surface area contributed by atoms with Crippen molar-refractivity contribution in [1.82, 2.24) is 0 Å². The first-order chi connectivity index (χ1) is 5.65. The van der Waals surface area contributed by atoms with E-state index in [4.69, 9.17) is 11.6 Å². The largest absolute Gasteiger partial charge is 0.0876 e. The summed E-state index contributed by atoms with van der Waals surface area (Å²) in [6, 6.07) is 6.94. The molecule has 0 bridgehead atoms. The lowest BCUT2D eigenvalue weighted by atomic mass is 9.98. The van der Waals surface area contributed by atoms with Gasteiger partial charge in [0.05, 0.1) is 0 Å². The van der Waals surface area contributed by atoms with E-state index in [1.54, 1.807) is 0 Å². The zero-order valence-electron chi connectivity index (χ0n) is 7.20. The van der Waals surface area contributed by atoms with Crippen molar-refractivity contribution >= 4 is 27.5 Å². The molecule has 1 rings (SSSR count). The molecule has 1 aromatic carbocycles. The lowest BCUT2D eigenvalue weighted by molar-refractivity contribution is 0.855.